The summed E-state index contributed by atoms with van der Waals surface area (Å²) in [5.41, 5.74) is 1.50. The van der Waals surface area contributed by atoms with E-state index >= 15 is 0 Å². The highest BCUT2D eigenvalue weighted by Gasteiger charge is 2.24. The van der Waals surface area contributed by atoms with Crippen molar-refractivity contribution < 1.29 is 4.79 Å². The average molecular weight is 305 g/mol. The van der Waals surface area contributed by atoms with E-state index in [2.05, 4.69) is 15.5 Å². The van der Waals surface area contributed by atoms with Crippen molar-refractivity contribution in [3.05, 3.63) is 47.2 Å². The molecule has 0 atom stereocenters. The van der Waals surface area contributed by atoms with Gasteiger partial charge in [0.15, 0.2) is 0 Å². The second kappa shape index (κ2) is 6.18. The molecule has 1 aromatic heterocycles. The molecule has 2 heterocycles. The molecule has 1 fully saturated rings. The summed E-state index contributed by atoms with van der Waals surface area (Å²) in [6.45, 7) is 1.47. The highest BCUT2D eigenvalue weighted by Crippen LogP contribution is 2.24. The molecule has 6 heteroatoms. The molecule has 1 aliphatic heterocycles. The molecule has 1 amide bonds. The number of anilines is 1. The Morgan fingerprint density at radius 3 is 2.71 bits per heavy atom. The number of aromatic amines is 1. The quantitative estimate of drug-likeness (QED) is 0.916. The van der Waals surface area contributed by atoms with Gasteiger partial charge in [0.2, 0.25) is 0 Å². The second-order valence-corrected chi connectivity index (χ2v) is 5.57. The molecule has 21 heavy (non-hydrogen) atoms. The van der Waals surface area contributed by atoms with Crippen molar-refractivity contribution in [2.24, 2.45) is 0 Å². The zero-order valence-electron chi connectivity index (χ0n) is 11.6. The van der Waals surface area contributed by atoms with Gasteiger partial charge in [-0.15, -0.1) is 0 Å². The normalized spacial score (nSPS) is 16.0. The summed E-state index contributed by atoms with van der Waals surface area (Å²) in [6.07, 6.45) is 3.41. The second-order valence-electron chi connectivity index (χ2n) is 5.16. The first-order chi connectivity index (χ1) is 10.2. The van der Waals surface area contributed by atoms with Crippen molar-refractivity contribution in [3.63, 3.8) is 0 Å². The molecule has 110 valence electrons. The van der Waals surface area contributed by atoms with Gasteiger partial charge in [0, 0.05) is 25.3 Å². The Labute approximate surface area is 128 Å². The van der Waals surface area contributed by atoms with E-state index in [0.29, 0.717) is 11.7 Å². The Balaban J connectivity index is 1.56. The van der Waals surface area contributed by atoms with Crippen LogP contribution in [0.5, 0.6) is 0 Å². The number of benzene rings is 1. The number of halogens is 1. The summed E-state index contributed by atoms with van der Waals surface area (Å²) in [5.74, 6) is 0.0173. The molecule has 0 unspecified atom stereocenters. The van der Waals surface area contributed by atoms with Crippen LogP contribution in [0.2, 0.25) is 5.02 Å². The molecule has 2 aromatic rings. The number of H-pyrrole nitrogens is 1. The van der Waals surface area contributed by atoms with E-state index in [0.717, 1.165) is 36.6 Å². The fourth-order valence-electron chi connectivity index (χ4n) is 2.57. The number of carbonyl (C=O) groups is 1. The van der Waals surface area contributed by atoms with Crippen LogP contribution in [0, 0.1) is 0 Å². The van der Waals surface area contributed by atoms with Gasteiger partial charge in [0.25, 0.3) is 5.91 Å². The number of likely N-dealkylation sites (tertiary alicyclic amines) is 1. The first-order valence-corrected chi connectivity index (χ1v) is 7.41. The molecule has 1 aromatic carbocycles. The molecule has 0 spiro atoms. The van der Waals surface area contributed by atoms with Crippen molar-refractivity contribution in [1.29, 1.82) is 0 Å². The number of para-hydroxylation sites is 1. The fourth-order valence-corrected chi connectivity index (χ4v) is 2.76. The Morgan fingerprint density at radius 1 is 1.29 bits per heavy atom. The minimum Gasteiger partial charge on any atom is -0.381 e. The Kier molecular flexibility index (Phi) is 4.10. The van der Waals surface area contributed by atoms with Crippen LogP contribution in [0.4, 0.5) is 5.69 Å². The number of nitrogens with zero attached hydrogens (tertiary/aromatic N) is 2. The number of hydrogen-bond donors (Lipinski definition) is 2. The number of rotatable bonds is 3. The van der Waals surface area contributed by atoms with Crippen LogP contribution in [0.25, 0.3) is 0 Å². The SMILES string of the molecule is O=C(c1ccn[nH]1)N1CCC(Nc2ccccc2Cl)CC1. The lowest BCUT2D eigenvalue weighted by Gasteiger charge is -2.32. The number of amides is 1. The van der Waals surface area contributed by atoms with Crippen LogP contribution in [0.1, 0.15) is 23.3 Å². The van der Waals surface area contributed by atoms with E-state index in [1.165, 1.54) is 0 Å². The van der Waals surface area contributed by atoms with Gasteiger partial charge in [0.1, 0.15) is 5.69 Å². The van der Waals surface area contributed by atoms with Crippen molar-refractivity contribution in [2.45, 2.75) is 18.9 Å². The molecule has 0 radical (unpaired) electrons. The zero-order valence-corrected chi connectivity index (χ0v) is 12.3. The predicted molar refractivity (Wildman–Crippen MR) is 82.6 cm³/mol. The summed E-state index contributed by atoms with van der Waals surface area (Å²) in [5, 5.41) is 10.7. The van der Waals surface area contributed by atoms with Gasteiger partial charge < -0.3 is 10.2 Å². The van der Waals surface area contributed by atoms with Crippen LogP contribution >= 0.6 is 11.6 Å². The minimum atomic E-state index is 0.0173. The summed E-state index contributed by atoms with van der Waals surface area (Å²) < 4.78 is 0. The van der Waals surface area contributed by atoms with E-state index in [1.54, 1.807) is 12.3 Å². The van der Waals surface area contributed by atoms with Crippen LogP contribution < -0.4 is 5.32 Å². The standard InChI is InChI=1S/C15H17ClN4O/c16-12-3-1-2-4-13(12)18-11-6-9-20(10-7-11)15(21)14-5-8-17-19-14/h1-5,8,11,18H,6-7,9-10H2,(H,17,19). The third-order valence-corrected chi connectivity index (χ3v) is 4.08. The maximum absolute atomic E-state index is 12.2. The Bertz CT molecular complexity index is 606. The molecule has 3 rings (SSSR count). The molecule has 5 nitrogen and oxygen atoms in total. The number of carbonyl (C=O) groups excluding carboxylic acids is 1. The highest BCUT2D eigenvalue weighted by molar-refractivity contribution is 6.33. The lowest BCUT2D eigenvalue weighted by Crippen LogP contribution is -2.42. The van der Waals surface area contributed by atoms with Gasteiger partial charge in [-0.25, -0.2) is 0 Å². The van der Waals surface area contributed by atoms with Gasteiger partial charge in [-0.1, -0.05) is 23.7 Å². The lowest BCUT2D eigenvalue weighted by atomic mass is 10.0. The monoisotopic (exact) mass is 304 g/mol. The van der Waals surface area contributed by atoms with Gasteiger partial charge >= 0.3 is 0 Å². The first kappa shape index (κ1) is 13.9. The van der Waals surface area contributed by atoms with Crippen LogP contribution in [0.15, 0.2) is 36.5 Å². The van der Waals surface area contributed by atoms with Crippen molar-refractivity contribution in [1.82, 2.24) is 15.1 Å². The number of piperidine rings is 1. The third-order valence-electron chi connectivity index (χ3n) is 3.75. The van der Waals surface area contributed by atoms with E-state index < -0.39 is 0 Å². The topological polar surface area (TPSA) is 61.0 Å². The predicted octanol–water partition coefficient (Wildman–Crippen LogP) is 2.78. The van der Waals surface area contributed by atoms with Crippen molar-refractivity contribution in [2.75, 3.05) is 18.4 Å². The molecular formula is C15H17ClN4O. The highest BCUT2D eigenvalue weighted by atomic mass is 35.5. The van der Waals surface area contributed by atoms with Crippen molar-refractivity contribution >= 4 is 23.2 Å². The van der Waals surface area contributed by atoms with Gasteiger partial charge in [-0.3, -0.25) is 9.89 Å². The summed E-state index contributed by atoms with van der Waals surface area (Å²) in [6, 6.07) is 9.78. The fraction of sp³-hybridized carbons (Fsp3) is 0.333. The van der Waals surface area contributed by atoms with Crippen molar-refractivity contribution in [3.8, 4) is 0 Å². The van der Waals surface area contributed by atoms with Crippen LogP contribution in [-0.2, 0) is 0 Å². The van der Waals surface area contributed by atoms with Gasteiger partial charge in [-0.05, 0) is 31.0 Å². The number of hydrogen-bond acceptors (Lipinski definition) is 3. The van der Waals surface area contributed by atoms with Gasteiger partial charge in [0.05, 0.1) is 10.7 Å². The molecule has 0 saturated carbocycles. The maximum Gasteiger partial charge on any atom is 0.271 e. The minimum absolute atomic E-state index is 0.0173. The average Bonchev–Trinajstić information content (AvgIpc) is 3.04. The first-order valence-electron chi connectivity index (χ1n) is 7.04. The molecule has 0 aliphatic carbocycles. The smallest absolute Gasteiger partial charge is 0.271 e. The molecule has 2 N–H and O–H groups in total. The molecular weight excluding hydrogens is 288 g/mol. The van der Waals surface area contributed by atoms with Gasteiger partial charge in [-0.2, -0.15) is 5.10 Å². The van der Waals surface area contributed by atoms with Crippen LogP contribution in [-0.4, -0.2) is 40.1 Å². The largest absolute Gasteiger partial charge is 0.381 e. The summed E-state index contributed by atoms with van der Waals surface area (Å²) in [7, 11) is 0. The third kappa shape index (κ3) is 3.19. The summed E-state index contributed by atoms with van der Waals surface area (Å²) in [4.78, 5) is 14.1. The molecule has 0 bridgehead atoms. The maximum atomic E-state index is 12.2. The van der Waals surface area contributed by atoms with E-state index in [-0.39, 0.29) is 5.91 Å². The van der Waals surface area contributed by atoms with E-state index in [1.807, 2.05) is 29.2 Å². The van der Waals surface area contributed by atoms with E-state index in [4.69, 9.17) is 11.6 Å². The molecule has 1 aliphatic rings. The van der Waals surface area contributed by atoms with E-state index in [9.17, 15) is 4.79 Å². The summed E-state index contributed by atoms with van der Waals surface area (Å²) >= 11 is 6.15. The number of aromatic nitrogens is 2. The number of nitrogens with one attached hydrogen (secondary N) is 2. The zero-order chi connectivity index (χ0) is 14.7. The Morgan fingerprint density at radius 2 is 2.05 bits per heavy atom. The van der Waals surface area contributed by atoms with Crippen LogP contribution in [0.3, 0.4) is 0 Å². The molecule has 1 saturated heterocycles. The lowest BCUT2D eigenvalue weighted by molar-refractivity contribution is 0.0712. The Hall–Kier alpha value is -2.01.